The van der Waals surface area contributed by atoms with Crippen LogP contribution in [0.15, 0.2) is 0 Å². The fraction of sp³-hybridized carbons (Fsp3) is 1.00. The van der Waals surface area contributed by atoms with Gasteiger partial charge in [-0.3, -0.25) is 0 Å². The van der Waals surface area contributed by atoms with Crippen molar-refractivity contribution in [3.63, 3.8) is 0 Å². The Morgan fingerprint density at radius 3 is 1.53 bits per heavy atom. The molecule has 0 aliphatic heterocycles. The summed E-state index contributed by atoms with van der Waals surface area (Å²) in [6.07, 6.45) is 1.37. The maximum Gasteiger partial charge on any atom is 0.528 e. The lowest BCUT2D eigenvalue weighted by molar-refractivity contribution is -0.0383. The molecule has 0 radical (unpaired) electrons. The van der Waals surface area contributed by atoms with Gasteiger partial charge in [0.25, 0.3) is 0 Å². The summed E-state index contributed by atoms with van der Waals surface area (Å²) in [5.74, 6) is 0. The molecule has 0 aliphatic carbocycles. The molecule has 0 heterocycles. The van der Waals surface area contributed by atoms with E-state index >= 15 is 0 Å². The zero-order valence-corrected chi connectivity index (χ0v) is 13.2. The van der Waals surface area contributed by atoms with Crippen LogP contribution in [0.25, 0.3) is 0 Å². The molecule has 0 saturated carbocycles. The Kier molecular flexibility index (Phi) is 8.24. The van der Waals surface area contributed by atoms with E-state index < -0.39 is 8.80 Å². The second-order valence-corrected chi connectivity index (χ2v) is 6.90. The molecule has 5 heteroatoms. The number of rotatable bonds is 10. The van der Waals surface area contributed by atoms with Crippen LogP contribution in [0.2, 0.25) is 0 Å². The maximum absolute atomic E-state index is 5.89. The van der Waals surface area contributed by atoms with Gasteiger partial charge in [0.2, 0.25) is 0 Å². The molecule has 0 aromatic rings. The highest BCUT2D eigenvalue weighted by molar-refractivity contribution is 6.60. The first-order chi connectivity index (χ1) is 7.95. The van der Waals surface area contributed by atoms with Crippen LogP contribution in [-0.2, 0) is 18.0 Å². The Labute approximate surface area is 107 Å². The lowest BCUT2D eigenvalue weighted by Crippen LogP contribution is -2.52. The summed E-state index contributed by atoms with van der Waals surface area (Å²) in [5, 5.41) is 0. The Bertz CT molecular complexity index is 180. The van der Waals surface area contributed by atoms with Crippen LogP contribution in [0.3, 0.4) is 0 Å². The molecule has 0 unspecified atom stereocenters. The summed E-state index contributed by atoms with van der Waals surface area (Å²) in [4.78, 5) is 0. The highest BCUT2D eigenvalue weighted by Gasteiger charge is 2.42. The predicted octanol–water partition coefficient (Wildman–Crippen LogP) is 2.78. The summed E-state index contributed by atoms with van der Waals surface area (Å²) in [5.41, 5.74) is -0.163. The fourth-order valence-electron chi connectivity index (χ4n) is 1.30. The number of hydrogen-bond donors (Lipinski definition) is 0. The maximum atomic E-state index is 5.89. The van der Waals surface area contributed by atoms with Crippen molar-refractivity contribution in [1.29, 1.82) is 0 Å². The van der Waals surface area contributed by atoms with Gasteiger partial charge >= 0.3 is 8.80 Å². The van der Waals surface area contributed by atoms with E-state index in [0.717, 1.165) is 6.42 Å². The Balaban J connectivity index is 4.53. The lowest BCUT2D eigenvalue weighted by atomic mass is 10.1. The molecule has 0 atom stereocenters. The Morgan fingerprint density at radius 1 is 0.824 bits per heavy atom. The zero-order valence-electron chi connectivity index (χ0n) is 12.2. The first-order valence-corrected chi connectivity index (χ1v) is 8.44. The van der Waals surface area contributed by atoms with Crippen molar-refractivity contribution in [2.75, 3.05) is 26.1 Å². The molecular formula is C12H28O4Si. The third kappa shape index (κ3) is 6.52. The summed E-state index contributed by atoms with van der Waals surface area (Å²) in [6, 6.07) is 0. The Hall–Kier alpha value is 0.0569. The van der Waals surface area contributed by atoms with Gasteiger partial charge in [0.1, 0.15) is 6.23 Å². The van der Waals surface area contributed by atoms with Gasteiger partial charge in [-0.2, -0.15) is 0 Å². The molecule has 0 bridgehead atoms. The van der Waals surface area contributed by atoms with E-state index in [2.05, 4.69) is 20.8 Å². The SMILES string of the molecule is CCO[Si](COC(C)(C)CC)(OCC)OCC. The highest BCUT2D eigenvalue weighted by Crippen LogP contribution is 2.18. The van der Waals surface area contributed by atoms with Crippen molar-refractivity contribution in [2.24, 2.45) is 0 Å². The third-order valence-corrected chi connectivity index (χ3v) is 5.27. The molecule has 0 aromatic heterocycles. The molecule has 0 aromatic carbocycles. The van der Waals surface area contributed by atoms with E-state index in [-0.39, 0.29) is 5.60 Å². The van der Waals surface area contributed by atoms with Crippen LogP contribution >= 0.6 is 0 Å². The monoisotopic (exact) mass is 264 g/mol. The fourth-order valence-corrected chi connectivity index (χ4v) is 3.68. The zero-order chi connectivity index (χ0) is 13.4. The van der Waals surface area contributed by atoms with Crippen LogP contribution in [-0.4, -0.2) is 40.5 Å². The van der Waals surface area contributed by atoms with Gasteiger partial charge in [-0.15, -0.1) is 0 Å². The van der Waals surface area contributed by atoms with Gasteiger partial charge < -0.3 is 18.0 Å². The van der Waals surface area contributed by atoms with E-state index in [9.17, 15) is 0 Å². The van der Waals surface area contributed by atoms with E-state index in [1.54, 1.807) is 0 Å². The van der Waals surface area contributed by atoms with Gasteiger partial charge in [0.05, 0.1) is 5.60 Å². The molecule has 17 heavy (non-hydrogen) atoms. The van der Waals surface area contributed by atoms with Crippen LogP contribution < -0.4 is 0 Å². The van der Waals surface area contributed by atoms with Gasteiger partial charge in [-0.05, 0) is 41.0 Å². The average molecular weight is 264 g/mol. The normalized spacial score (nSPS) is 13.1. The molecule has 0 aliphatic rings. The molecule has 0 saturated heterocycles. The topological polar surface area (TPSA) is 36.9 Å². The minimum absolute atomic E-state index is 0.163. The van der Waals surface area contributed by atoms with Crippen LogP contribution in [0.4, 0.5) is 0 Å². The molecule has 0 rings (SSSR count). The Morgan fingerprint density at radius 2 is 1.24 bits per heavy atom. The summed E-state index contributed by atoms with van der Waals surface area (Å²) >= 11 is 0. The first-order valence-electron chi connectivity index (χ1n) is 6.51. The number of hydrogen-bond acceptors (Lipinski definition) is 4. The molecular weight excluding hydrogens is 236 g/mol. The van der Waals surface area contributed by atoms with Crippen LogP contribution in [0, 0.1) is 0 Å². The number of ether oxygens (including phenoxy) is 1. The summed E-state index contributed by atoms with van der Waals surface area (Å²) in [7, 11) is -2.64. The summed E-state index contributed by atoms with van der Waals surface area (Å²) in [6.45, 7) is 13.8. The van der Waals surface area contributed by atoms with Crippen molar-refractivity contribution in [2.45, 2.75) is 53.6 Å². The third-order valence-electron chi connectivity index (χ3n) is 2.58. The van der Waals surface area contributed by atoms with Gasteiger partial charge in [0.15, 0.2) is 0 Å². The van der Waals surface area contributed by atoms with Crippen LogP contribution in [0.5, 0.6) is 0 Å². The minimum atomic E-state index is -2.64. The summed E-state index contributed by atoms with van der Waals surface area (Å²) < 4.78 is 23.0. The van der Waals surface area contributed by atoms with E-state index in [1.807, 2.05) is 20.8 Å². The molecule has 0 fully saturated rings. The molecule has 104 valence electrons. The van der Waals surface area contributed by atoms with Crippen molar-refractivity contribution < 1.29 is 18.0 Å². The van der Waals surface area contributed by atoms with Crippen LogP contribution in [0.1, 0.15) is 48.0 Å². The largest absolute Gasteiger partial charge is 0.528 e. The minimum Gasteiger partial charge on any atom is -0.372 e. The van der Waals surface area contributed by atoms with Crippen molar-refractivity contribution in [1.82, 2.24) is 0 Å². The smallest absolute Gasteiger partial charge is 0.372 e. The molecule has 0 amide bonds. The molecule has 0 N–H and O–H groups in total. The van der Waals surface area contributed by atoms with Gasteiger partial charge in [-0.25, -0.2) is 0 Å². The second-order valence-electron chi connectivity index (χ2n) is 4.38. The molecule has 4 nitrogen and oxygen atoms in total. The van der Waals surface area contributed by atoms with E-state index in [4.69, 9.17) is 18.0 Å². The van der Waals surface area contributed by atoms with Crippen molar-refractivity contribution >= 4 is 8.80 Å². The van der Waals surface area contributed by atoms with Gasteiger partial charge in [-0.1, -0.05) is 6.92 Å². The second kappa shape index (κ2) is 8.21. The highest BCUT2D eigenvalue weighted by atomic mass is 28.4. The lowest BCUT2D eigenvalue weighted by Gasteiger charge is -2.32. The predicted molar refractivity (Wildman–Crippen MR) is 71.0 cm³/mol. The molecule has 0 spiro atoms. The van der Waals surface area contributed by atoms with Crippen molar-refractivity contribution in [3.05, 3.63) is 0 Å². The average Bonchev–Trinajstić information content (AvgIpc) is 2.28. The van der Waals surface area contributed by atoms with Gasteiger partial charge in [0, 0.05) is 19.8 Å². The first kappa shape index (κ1) is 17.1. The van der Waals surface area contributed by atoms with Crippen molar-refractivity contribution in [3.8, 4) is 0 Å². The standard InChI is InChI=1S/C12H28O4Si/c1-7-12(5,6)13-11-17(14-8-2,15-9-3)16-10-4/h7-11H2,1-6H3. The van der Waals surface area contributed by atoms with E-state index in [1.165, 1.54) is 0 Å². The quantitative estimate of drug-likeness (QED) is 0.569. The van der Waals surface area contributed by atoms with E-state index in [0.29, 0.717) is 26.1 Å².